The van der Waals surface area contributed by atoms with E-state index in [1.54, 1.807) is 13.0 Å². The zero-order valence-corrected chi connectivity index (χ0v) is 14.9. The fraction of sp³-hybridized carbons (Fsp3) is 0.722. The lowest BCUT2D eigenvalue weighted by atomic mass is 9.88. The Morgan fingerprint density at radius 3 is 2.61 bits per heavy atom. The summed E-state index contributed by atoms with van der Waals surface area (Å²) in [6, 6.07) is 3.69. The highest BCUT2D eigenvalue weighted by Gasteiger charge is 2.24. The standard InChI is InChI=1S/C18H29N3O2/c1-12-7-6-8-14(11-12)23-13(2)17(22)19-16-10-9-15(20-21-16)18(3,4)5/h9-10,12-14H,6-8,11H2,1-5H3,(H,19,21,22)/t12-,13-,14+/m1/s1. The summed E-state index contributed by atoms with van der Waals surface area (Å²) in [5.74, 6) is 0.983. The van der Waals surface area contributed by atoms with Crippen molar-refractivity contribution < 1.29 is 9.53 Å². The van der Waals surface area contributed by atoms with E-state index in [4.69, 9.17) is 4.74 Å². The second-order valence-electron chi connectivity index (χ2n) is 7.72. The van der Waals surface area contributed by atoms with Crippen LogP contribution in [-0.4, -0.2) is 28.3 Å². The van der Waals surface area contributed by atoms with E-state index in [-0.39, 0.29) is 17.4 Å². The van der Waals surface area contributed by atoms with Gasteiger partial charge in [-0.2, -0.15) is 5.10 Å². The molecule has 3 atom stereocenters. The van der Waals surface area contributed by atoms with Gasteiger partial charge in [0.2, 0.25) is 0 Å². The highest BCUT2D eigenvalue weighted by Crippen LogP contribution is 2.26. The van der Waals surface area contributed by atoms with Gasteiger partial charge in [-0.15, -0.1) is 5.10 Å². The molecule has 1 aromatic rings. The Morgan fingerprint density at radius 1 is 1.30 bits per heavy atom. The predicted molar refractivity (Wildman–Crippen MR) is 91.3 cm³/mol. The summed E-state index contributed by atoms with van der Waals surface area (Å²) in [6.45, 7) is 10.3. The average molecular weight is 319 g/mol. The second-order valence-corrected chi connectivity index (χ2v) is 7.72. The molecular formula is C18H29N3O2. The van der Waals surface area contributed by atoms with Crippen molar-refractivity contribution >= 4 is 11.7 Å². The minimum atomic E-state index is -0.477. The molecule has 1 aliphatic carbocycles. The van der Waals surface area contributed by atoms with Gasteiger partial charge in [0.1, 0.15) is 6.10 Å². The molecule has 0 saturated heterocycles. The SMILES string of the molecule is C[C@@H]1CCC[C@H](O[C@H](C)C(=O)Nc2ccc(C(C)(C)C)nn2)C1. The fourth-order valence-corrected chi connectivity index (χ4v) is 2.88. The van der Waals surface area contributed by atoms with Gasteiger partial charge in [0.25, 0.3) is 5.91 Å². The van der Waals surface area contributed by atoms with E-state index in [2.05, 4.69) is 43.2 Å². The van der Waals surface area contributed by atoms with Crippen LogP contribution in [0.25, 0.3) is 0 Å². The lowest BCUT2D eigenvalue weighted by molar-refractivity contribution is -0.131. The molecule has 1 fully saturated rings. The molecule has 5 nitrogen and oxygen atoms in total. The van der Waals surface area contributed by atoms with Crippen LogP contribution in [-0.2, 0) is 14.9 Å². The normalized spacial score (nSPS) is 23.3. The predicted octanol–water partition coefficient (Wildman–Crippen LogP) is 3.70. The van der Waals surface area contributed by atoms with Gasteiger partial charge in [0.15, 0.2) is 5.82 Å². The molecule has 1 aromatic heterocycles. The molecule has 1 N–H and O–H groups in total. The summed E-state index contributed by atoms with van der Waals surface area (Å²) in [4.78, 5) is 12.2. The van der Waals surface area contributed by atoms with E-state index in [1.165, 1.54) is 12.8 Å². The number of nitrogens with zero attached hydrogens (tertiary/aromatic N) is 2. The number of ether oxygens (including phenoxy) is 1. The van der Waals surface area contributed by atoms with E-state index in [0.29, 0.717) is 11.7 Å². The van der Waals surface area contributed by atoms with Crippen LogP contribution in [0.1, 0.15) is 66.0 Å². The van der Waals surface area contributed by atoms with Crippen molar-refractivity contribution in [2.75, 3.05) is 5.32 Å². The average Bonchev–Trinajstić information content (AvgIpc) is 2.46. The van der Waals surface area contributed by atoms with Gasteiger partial charge in [0.05, 0.1) is 11.8 Å². The molecule has 1 heterocycles. The smallest absolute Gasteiger partial charge is 0.254 e. The highest BCUT2D eigenvalue weighted by molar-refractivity contribution is 5.92. The van der Waals surface area contributed by atoms with Gasteiger partial charge in [-0.3, -0.25) is 4.79 Å². The Balaban J connectivity index is 1.88. The van der Waals surface area contributed by atoms with Crippen LogP contribution < -0.4 is 5.32 Å². The topological polar surface area (TPSA) is 64.1 Å². The summed E-state index contributed by atoms with van der Waals surface area (Å²) in [6.07, 6.45) is 4.23. The first-order chi connectivity index (χ1) is 10.8. The number of anilines is 1. The zero-order chi connectivity index (χ0) is 17.0. The van der Waals surface area contributed by atoms with Gasteiger partial charge < -0.3 is 10.1 Å². The minimum Gasteiger partial charge on any atom is -0.365 e. The number of hydrogen-bond acceptors (Lipinski definition) is 4. The number of amides is 1. The molecular weight excluding hydrogens is 290 g/mol. The van der Waals surface area contributed by atoms with Crippen molar-refractivity contribution in [3.05, 3.63) is 17.8 Å². The van der Waals surface area contributed by atoms with Gasteiger partial charge >= 0.3 is 0 Å². The Hall–Kier alpha value is -1.49. The van der Waals surface area contributed by atoms with Gasteiger partial charge in [0, 0.05) is 5.41 Å². The highest BCUT2D eigenvalue weighted by atomic mass is 16.5. The molecule has 23 heavy (non-hydrogen) atoms. The Labute approximate surface area is 139 Å². The lowest BCUT2D eigenvalue weighted by Crippen LogP contribution is -2.34. The molecule has 1 aliphatic rings. The number of carbonyl (C=O) groups excluding carboxylic acids is 1. The van der Waals surface area contributed by atoms with Crippen molar-refractivity contribution in [1.82, 2.24) is 10.2 Å². The number of aromatic nitrogens is 2. The van der Waals surface area contributed by atoms with Crippen LogP contribution >= 0.6 is 0 Å². The maximum atomic E-state index is 12.2. The summed E-state index contributed by atoms with van der Waals surface area (Å²) in [7, 11) is 0. The Bertz CT molecular complexity index is 522. The number of rotatable bonds is 4. The Morgan fingerprint density at radius 2 is 2.04 bits per heavy atom. The minimum absolute atomic E-state index is 0.0520. The van der Waals surface area contributed by atoms with Crippen molar-refractivity contribution in [2.45, 2.75) is 77.9 Å². The molecule has 0 aliphatic heterocycles. The number of hydrogen-bond donors (Lipinski definition) is 1. The van der Waals surface area contributed by atoms with Crippen molar-refractivity contribution in [1.29, 1.82) is 0 Å². The molecule has 128 valence electrons. The largest absolute Gasteiger partial charge is 0.365 e. The summed E-state index contributed by atoms with van der Waals surface area (Å²) < 4.78 is 5.91. The van der Waals surface area contributed by atoms with Crippen LogP contribution in [0.5, 0.6) is 0 Å². The van der Waals surface area contributed by atoms with Crippen LogP contribution in [0, 0.1) is 5.92 Å². The first kappa shape index (κ1) is 17.9. The summed E-state index contributed by atoms with van der Waals surface area (Å²) in [5.41, 5.74) is 0.847. The summed E-state index contributed by atoms with van der Waals surface area (Å²) in [5, 5.41) is 11.1. The van der Waals surface area contributed by atoms with Gasteiger partial charge in [-0.05, 0) is 37.8 Å². The third-order valence-electron chi connectivity index (χ3n) is 4.34. The van der Waals surface area contributed by atoms with Crippen LogP contribution in [0.2, 0.25) is 0 Å². The third kappa shape index (κ3) is 5.27. The van der Waals surface area contributed by atoms with Gasteiger partial charge in [-0.25, -0.2) is 0 Å². The zero-order valence-electron chi connectivity index (χ0n) is 14.9. The molecule has 0 unspecified atom stereocenters. The van der Waals surface area contributed by atoms with Crippen LogP contribution in [0.4, 0.5) is 5.82 Å². The maximum Gasteiger partial charge on any atom is 0.254 e. The van der Waals surface area contributed by atoms with Crippen molar-refractivity contribution in [2.24, 2.45) is 5.92 Å². The molecule has 0 radical (unpaired) electrons. The molecule has 0 spiro atoms. The number of carbonyl (C=O) groups is 1. The fourth-order valence-electron chi connectivity index (χ4n) is 2.88. The van der Waals surface area contributed by atoms with E-state index in [9.17, 15) is 4.79 Å². The summed E-state index contributed by atoms with van der Waals surface area (Å²) >= 11 is 0. The van der Waals surface area contributed by atoms with Crippen molar-refractivity contribution in [3.63, 3.8) is 0 Å². The van der Waals surface area contributed by atoms with Crippen LogP contribution in [0.15, 0.2) is 12.1 Å². The maximum absolute atomic E-state index is 12.2. The van der Waals surface area contributed by atoms with E-state index in [1.807, 2.05) is 6.07 Å². The molecule has 2 rings (SSSR count). The second kappa shape index (κ2) is 7.39. The quantitative estimate of drug-likeness (QED) is 0.919. The lowest BCUT2D eigenvalue weighted by Gasteiger charge is -2.28. The monoisotopic (exact) mass is 319 g/mol. The third-order valence-corrected chi connectivity index (χ3v) is 4.34. The van der Waals surface area contributed by atoms with Crippen molar-refractivity contribution in [3.8, 4) is 0 Å². The molecule has 0 aromatic carbocycles. The molecule has 0 bridgehead atoms. The van der Waals surface area contributed by atoms with E-state index >= 15 is 0 Å². The van der Waals surface area contributed by atoms with Gasteiger partial charge in [-0.1, -0.05) is 40.5 Å². The molecule has 1 saturated carbocycles. The molecule has 1 amide bonds. The first-order valence-corrected chi connectivity index (χ1v) is 8.56. The Kier molecular flexibility index (Phi) is 5.74. The van der Waals surface area contributed by atoms with E-state index in [0.717, 1.165) is 18.5 Å². The number of nitrogens with one attached hydrogen (secondary N) is 1. The van der Waals surface area contributed by atoms with Crippen LogP contribution in [0.3, 0.4) is 0 Å². The van der Waals surface area contributed by atoms with E-state index < -0.39 is 6.10 Å². The molecule has 5 heteroatoms. The first-order valence-electron chi connectivity index (χ1n) is 8.56.